The summed E-state index contributed by atoms with van der Waals surface area (Å²) in [6.45, 7) is -0.388. The first-order valence-corrected chi connectivity index (χ1v) is 14.9. The van der Waals surface area contributed by atoms with Crippen LogP contribution in [0, 0.1) is 17.8 Å². The normalized spacial score (nSPS) is 25.4. The molecule has 1 N–H and O–H groups in total. The molecule has 0 radical (unpaired) electrons. The summed E-state index contributed by atoms with van der Waals surface area (Å²) in [5, 5.41) is 2.34. The third-order valence-electron chi connectivity index (χ3n) is 8.06. The number of rotatable bonds is 9. The molecule has 3 aliphatic rings. The van der Waals surface area contributed by atoms with Gasteiger partial charge in [0.25, 0.3) is 0 Å². The van der Waals surface area contributed by atoms with Gasteiger partial charge in [-0.3, -0.25) is 0 Å². The number of hydrogen-bond acceptors (Lipinski definition) is 7. The molecule has 0 aromatic heterocycles. The average molecular weight is 565 g/mol. The molecule has 2 saturated heterocycles. The lowest BCUT2D eigenvalue weighted by Gasteiger charge is -2.31. The van der Waals surface area contributed by atoms with Crippen molar-refractivity contribution in [2.24, 2.45) is 17.8 Å². The lowest BCUT2D eigenvalue weighted by Crippen LogP contribution is -2.42. The quantitative estimate of drug-likeness (QED) is 0.481. The molecule has 1 aliphatic carbocycles. The monoisotopic (exact) mass is 564 g/mol. The summed E-state index contributed by atoms with van der Waals surface area (Å²) in [6.07, 6.45) is 2.54. The van der Waals surface area contributed by atoms with Crippen LogP contribution in [-0.2, 0) is 25.9 Å². The smallest absolute Gasteiger partial charge is 0.410 e. The molecule has 39 heavy (non-hydrogen) atoms. The number of halogens is 2. The zero-order valence-electron chi connectivity index (χ0n) is 21.6. The van der Waals surface area contributed by atoms with E-state index in [1.807, 2.05) is 30.3 Å². The second-order valence-corrected chi connectivity index (χ2v) is 12.6. The van der Waals surface area contributed by atoms with E-state index >= 15 is 0 Å². The number of carbonyl (C=O) groups is 1. The maximum Gasteiger partial charge on any atom is 0.410 e. The zero-order chi connectivity index (χ0) is 27.4. The van der Waals surface area contributed by atoms with Crippen molar-refractivity contribution in [3.63, 3.8) is 0 Å². The van der Waals surface area contributed by atoms with Crippen LogP contribution in [0.1, 0.15) is 31.2 Å². The Morgan fingerprint density at radius 1 is 1.05 bits per heavy atom. The third kappa shape index (κ3) is 6.53. The van der Waals surface area contributed by atoms with Crippen LogP contribution in [0.3, 0.4) is 0 Å². The minimum absolute atomic E-state index is 0.0442. The maximum atomic E-state index is 13.5. The van der Waals surface area contributed by atoms with Gasteiger partial charge < -0.3 is 24.4 Å². The van der Waals surface area contributed by atoms with Crippen molar-refractivity contribution >= 4 is 15.9 Å². The lowest BCUT2D eigenvalue weighted by molar-refractivity contribution is -0.0498. The van der Waals surface area contributed by atoms with Crippen LogP contribution in [-0.4, -0.2) is 63.8 Å². The van der Waals surface area contributed by atoms with Gasteiger partial charge in [-0.05, 0) is 79.8 Å². The van der Waals surface area contributed by atoms with Crippen molar-refractivity contribution in [2.45, 2.75) is 55.2 Å². The van der Waals surface area contributed by atoms with Gasteiger partial charge in [-0.1, -0.05) is 30.3 Å². The Labute approximate surface area is 227 Å². The number of carbonyl (C=O) groups excluding carboxylic acids is 1. The van der Waals surface area contributed by atoms with Gasteiger partial charge in [0.2, 0.25) is 0 Å². The van der Waals surface area contributed by atoms with Gasteiger partial charge in [0.15, 0.2) is 9.84 Å². The number of benzene rings is 2. The number of ether oxygens (including phenoxy) is 3. The molecule has 0 unspecified atom stereocenters. The first-order chi connectivity index (χ1) is 18.8. The fraction of sp³-hybridized carbons (Fsp3) is 0.536. The van der Waals surface area contributed by atoms with Crippen molar-refractivity contribution in [1.29, 1.82) is 0 Å². The molecular formula is C28H34F2N2O6S. The molecule has 1 amide bonds. The van der Waals surface area contributed by atoms with E-state index in [9.17, 15) is 22.0 Å². The number of nitrogens with zero attached hydrogens (tertiary/aromatic N) is 1. The minimum Gasteiger partial charge on any atom is -0.449 e. The number of nitrogens with one attached hydrogen (secondary N) is 1. The van der Waals surface area contributed by atoms with Crippen molar-refractivity contribution in [3.05, 3.63) is 60.2 Å². The highest BCUT2D eigenvalue weighted by molar-refractivity contribution is 7.92. The Bertz CT molecular complexity index is 1210. The molecule has 11 heteroatoms. The summed E-state index contributed by atoms with van der Waals surface area (Å²) < 4.78 is 67.6. The minimum atomic E-state index is -3.79. The summed E-state index contributed by atoms with van der Waals surface area (Å²) in [7, 11) is -3.79. The van der Waals surface area contributed by atoms with Crippen molar-refractivity contribution in [1.82, 2.24) is 10.2 Å². The third-order valence-corrected chi connectivity index (χ3v) is 10.2. The lowest BCUT2D eigenvalue weighted by atomic mass is 10.0. The summed E-state index contributed by atoms with van der Waals surface area (Å²) >= 11 is 0. The van der Waals surface area contributed by atoms with Crippen molar-refractivity contribution < 1.29 is 36.2 Å². The molecular weight excluding hydrogens is 530 g/mol. The fourth-order valence-electron chi connectivity index (χ4n) is 6.01. The van der Waals surface area contributed by atoms with E-state index in [1.54, 1.807) is 4.90 Å². The highest BCUT2D eigenvalue weighted by atomic mass is 32.2. The Morgan fingerprint density at radius 3 is 2.46 bits per heavy atom. The van der Waals surface area contributed by atoms with Crippen LogP contribution in [0.4, 0.5) is 13.6 Å². The molecule has 2 aromatic carbocycles. The zero-order valence-corrected chi connectivity index (χ0v) is 22.4. The second-order valence-electron chi connectivity index (χ2n) is 10.5. The van der Waals surface area contributed by atoms with Gasteiger partial charge in [0.05, 0.1) is 11.5 Å². The molecule has 5 rings (SSSR count). The Hall–Kier alpha value is -2.76. The van der Waals surface area contributed by atoms with E-state index in [-0.39, 0.29) is 40.5 Å². The van der Waals surface area contributed by atoms with Crippen LogP contribution in [0.25, 0.3) is 0 Å². The van der Waals surface area contributed by atoms with Crippen LogP contribution < -0.4 is 10.1 Å². The molecule has 3 fully saturated rings. The predicted molar refractivity (Wildman–Crippen MR) is 139 cm³/mol. The van der Waals surface area contributed by atoms with Gasteiger partial charge in [-0.2, -0.15) is 8.78 Å². The molecule has 0 bridgehead atoms. The van der Waals surface area contributed by atoms with E-state index in [4.69, 9.17) is 9.47 Å². The van der Waals surface area contributed by atoms with Crippen molar-refractivity contribution in [3.8, 4) is 5.75 Å². The van der Waals surface area contributed by atoms with Gasteiger partial charge in [0.1, 0.15) is 11.1 Å². The largest absolute Gasteiger partial charge is 0.449 e. The number of amides is 1. The van der Waals surface area contributed by atoms with Crippen LogP contribution in [0.5, 0.6) is 5.75 Å². The number of sulfone groups is 1. The SMILES string of the molecule is O=C(OCC1CCOCC1)N(Cc1ccccc1)[C@@H]1C[C@H]2CN[C@H](S(=O)(=O)c3ccc(OC(F)F)cc3)[C@@H]2C1. The summed E-state index contributed by atoms with van der Waals surface area (Å²) in [5.41, 5.74) is 0.978. The highest BCUT2D eigenvalue weighted by Crippen LogP contribution is 2.43. The van der Waals surface area contributed by atoms with Gasteiger partial charge >= 0.3 is 12.7 Å². The number of hydrogen-bond donors (Lipinski definition) is 1. The topological polar surface area (TPSA) is 94.2 Å². The Balaban J connectivity index is 1.29. The Kier molecular flexibility index (Phi) is 8.68. The van der Waals surface area contributed by atoms with E-state index in [2.05, 4.69) is 10.1 Å². The van der Waals surface area contributed by atoms with E-state index in [1.165, 1.54) is 24.3 Å². The van der Waals surface area contributed by atoms with Gasteiger partial charge in [-0.15, -0.1) is 0 Å². The van der Waals surface area contributed by atoms with Crippen LogP contribution >= 0.6 is 0 Å². The van der Waals surface area contributed by atoms with Crippen LogP contribution in [0.15, 0.2) is 59.5 Å². The molecule has 2 heterocycles. The molecule has 8 nitrogen and oxygen atoms in total. The van der Waals surface area contributed by atoms with E-state index in [0.29, 0.717) is 45.8 Å². The summed E-state index contributed by atoms with van der Waals surface area (Å²) in [5.74, 6) is 0.0646. The summed E-state index contributed by atoms with van der Waals surface area (Å²) in [6, 6.07) is 14.6. The van der Waals surface area contributed by atoms with Crippen LogP contribution in [0.2, 0.25) is 0 Å². The molecule has 2 aliphatic heterocycles. The van der Waals surface area contributed by atoms with E-state index < -0.39 is 21.8 Å². The second kappa shape index (κ2) is 12.2. The molecule has 212 valence electrons. The fourth-order valence-corrected chi connectivity index (χ4v) is 7.93. The molecule has 4 atom stereocenters. The molecule has 1 saturated carbocycles. The summed E-state index contributed by atoms with van der Waals surface area (Å²) in [4.78, 5) is 15.2. The first kappa shape index (κ1) is 27.8. The average Bonchev–Trinajstić information content (AvgIpc) is 3.53. The number of fused-ring (bicyclic) bond motifs is 1. The first-order valence-electron chi connectivity index (χ1n) is 13.4. The molecule has 0 spiro atoms. The number of alkyl halides is 2. The van der Waals surface area contributed by atoms with E-state index in [0.717, 1.165) is 18.4 Å². The predicted octanol–water partition coefficient (Wildman–Crippen LogP) is 4.45. The van der Waals surface area contributed by atoms with Gasteiger partial charge in [-0.25, -0.2) is 13.2 Å². The molecule has 2 aromatic rings. The Morgan fingerprint density at radius 2 is 1.77 bits per heavy atom. The van der Waals surface area contributed by atoms with Gasteiger partial charge in [0, 0.05) is 25.8 Å². The standard InChI is InChI=1S/C28H34F2N2O6S/c29-27(30)38-23-6-8-24(9-7-23)39(34,35)26-25-15-22(14-21(25)16-31-26)32(17-19-4-2-1-3-5-19)28(33)37-18-20-10-12-36-13-11-20/h1-9,20-22,25-27,31H,10-18H2/t21-,22+,25+,26+/m0/s1. The maximum absolute atomic E-state index is 13.5. The van der Waals surface area contributed by atoms with Crippen molar-refractivity contribution in [2.75, 3.05) is 26.4 Å². The highest BCUT2D eigenvalue weighted by Gasteiger charge is 2.50.